The molecule has 0 fully saturated rings. The summed E-state index contributed by atoms with van der Waals surface area (Å²) in [5.74, 6) is 2.00. The molecule has 6 nitrogen and oxygen atoms in total. The molecular formula is C21H24ClIN4O2. The number of ether oxygens (including phenoxy) is 1. The van der Waals surface area contributed by atoms with Crippen LogP contribution in [0.25, 0.3) is 11.5 Å². The van der Waals surface area contributed by atoms with Crippen LogP contribution in [0.3, 0.4) is 0 Å². The number of hydrogen-bond donors (Lipinski definition) is 2. The minimum atomic E-state index is 0. The van der Waals surface area contributed by atoms with Crippen LogP contribution >= 0.6 is 35.6 Å². The van der Waals surface area contributed by atoms with E-state index in [1.807, 2.05) is 49.4 Å². The molecule has 3 aromatic rings. The van der Waals surface area contributed by atoms with Crippen molar-refractivity contribution in [2.75, 3.05) is 13.7 Å². The van der Waals surface area contributed by atoms with Gasteiger partial charge in [0.1, 0.15) is 12.0 Å². The molecule has 0 bridgehead atoms. The highest BCUT2D eigenvalue weighted by molar-refractivity contribution is 14.0. The molecule has 29 heavy (non-hydrogen) atoms. The summed E-state index contributed by atoms with van der Waals surface area (Å²) >= 11 is 6.02. The number of guanidine groups is 1. The molecule has 0 amide bonds. The van der Waals surface area contributed by atoms with Gasteiger partial charge >= 0.3 is 0 Å². The number of halogens is 2. The van der Waals surface area contributed by atoms with Gasteiger partial charge in [0.15, 0.2) is 5.96 Å². The van der Waals surface area contributed by atoms with Crippen LogP contribution in [0.5, 0.6) is 5.75 Å². The highest BCUT2D eigenvalue weighted by Crippen LogP contribution is 2.23. The summed E-state index contributed by atoms with van der Waals surface area (Å²) < 4.78 is 10.9. The lowest BCUT2D eigenvalue weighted by Gasteiger charge is -2.11. The molecule has 0 atom stereocenters. The van der Waals surface area contributed by atoms with Crippen LogP contribution in [-0.4, -0.2) is 24.6 Å². The first-order chi connectivity index (χ1) is 13.7. The lowest BCUT2D eigenvalue weighted by Crippen LogP contribution is -2.36. The second-order valence-electron chi connectivity index (χ2n) is 6.01. The van der Waals surface area contributed by atoms with Gasteiger partial charge in [-0.2, -0.15) is 0 Å². The molecular weight excluding hydrogens is 503 g/mol. The van der Waals surface area contributed by atoms with E-state index in [1.165, 1.54) is 0 Å². The largest absolute Gasteiger partial charge is 0.496 e. The Labute approximate surface area is 192 Å². The Morgan fingerprint density at radius 1 is 1.17 bits per heavy atom. The molecule has 0 saturated heterocycles. The van der Waals surface area contributed by atoms with Gasteiger partial charge in [-0.25, -0.2) is 9.98 Å². The third kappa shape index (κ3) is 6.64. The molecule has 0 saturated carbocycles. The van der Waals surface area contributed by atoms with E-state index in [9.17, 15) is 0 Å². The summed E-state index contributed by atoms with van der Waals surface area (Å²) in [5, 5.41) is 7.13. The van der Waals surface area contributed by atoms with Crippen LogP contribution in [0.15, 0.2) is 64.2 Å². The highest BCUT2D eigenvalue weighted by Gasteiger charge is 2.08. The van der Waals surface area contributed by atoms with Gasteiger partial charge in [-0.15, -0.1) is 24.0 Å². The Kier molecular flexibility index (Phi) is 9.27. The number of benzene rings is 2. The number of aliphatic imine (C=N–C) groups is 1. The fraction of sp³-hybridized carbons (Fsp3) is 0.238. The topological polar surface area (TPSA) is 71.7 Å². The summed E-state index contributed by atoms with van der Waals surface area (Å²) in [4.78, 5) is 9.14. The third-order valence-corrected chi connectivity index (χ3v) is 4.25. The summed E-state index contributed by atoms with van der Waals surface area (Å²) in [7, 11) is 1.62. The number of nitrogens with zero attached hydrogens (tertiary/aromatic N) is 2. The van der Waals surface area contributed by atoms with Crippen LogP contribution in [-0.2, 0) is 13.1 Å². The Balaban J connectivity index is 0.00000300. The molecule has 0 aliphatic heterocycles. The van der Waals surface area contributed by atoms with E-state index in [0.29, 0.717) is 30.0 Å². The smallest absolute Gasteiger partial charge is 0.226 e. The SMILES string of the molecule is CCNC(=NCc1ccc(Cl)cc1OC)NCc1coc(-c2ccccc2)n1.I. The van der Waals surface area contributed by atoms with E-state index in [2.05, 4.69) is 20.6 Å². The van der Waals surface area contributed by atoms with Gasteiger partial charge in [-0.1, -0.05) is 35.9 Å². The molecule has 2 aromatic carbocycles. The number of rotatable bonds is 7. The number of aromatic nitrogens is 1. The first-order valence-electron chi connectivity index (χ1n) is 9.04. The second-order valence-corrected chi connectivity index (χ2v) is 6.45. The lowest BCUT2D eigenvalue weighted by molar-refractivity contribution is 0.410. The molecule has 0 aliphatic rings. The molecule has 8 heteroatoms. The Morgan fingerprint density at radius 3 is 2.69 bits per heavy atom. The molecule has 0 radical (unpaired) electrons. The average molecular weight is 527 g/mol. The number of hydrogen-bond acceptors (Lipinski definition) is 4. The van der Waals surface area contributed by atoms with E-state index in [-0.39, 0.29) is 24.0 Å². The fourth-order valence-electron chi connectivity index (χ4n) is 2.63. The monoisotopic (exact) mass is 526 g/mol. The maximum atomic E-state index is 6.02. The zero-order valence-corrected chi connectivity index (χ0v) is 19.4. The van der Waals surface area contributed by atoms with Crippen molar-refractivity contribution in [3.05, 3.63) is 71.1 Å². The van der Waals surface area contributed by atoms with E-state index in [0.717, 1.165) is 29.1 Å². The van der Waals surface area contributed by atoms with Gasteiger partial charge in [0.05, 0.1) is 25.9 Å². The van der Waals surface area contributed by atoms with Gasteiger partial charge in [0.2, 0.25) is 5.89 Å². The maximum absolute atomic E-state index is 6.02. The zero-order valence-electron chi connectivity index (χ0n) is 16.3. The summed E-state index contributed by atoms with van der Waals surface area (Å²) in [5.41, 5.74) is 2.70. The second kappa shape index (κ2) is 11.7. The normalized spacial score (nSPS) is 10.9. The van der Waals surface area contributed by atoms with Crippen molar-refractivity contribution >= 4 is 41.5 Å². The van der Waals surface area contributed by atoms with Crippen molar-refractivity contribution in [1.29, 1.82) is 0 Å². The van der Waals surface area contributed by atoms with Gasteiger partial charge < -0.3 is 19.8 Å². The molecule has 2 N–H and O–H groups in total. The standard InChI is InChI=1S/C21H23ClN4O2.HI/c1-3-23-21(24-12-16-9-10-17(22)11-19(16)27-2)25-13-18-14-28-20(26-18)15-7-5-4-6-8-15;/h4-11,14H,3,12-13H2,1-2H3,(H2,23,24,25);1H. The summed E-state index contributed by atoms with van der Waals surface area (Å²) in [6.07, 6.45) is 1.65. The van der Waals surface area contributed by atoms with Crippen LogP contribution in [0.2, 0.25) is 5.02 Å². The van der Waals surface area contributed by atoms with Crippen LogP contribution in [0.1, 0.15) is 18.2 Å². The van der Waals surface area contributed by atoms with E-state index < -0.39 is 0 Å². The lowest BCUT2D eigenvalue weighted by atomic mass is 10.2. The fourth-order valence-corrected chi connectivity index (χ4v) is 2.79. The van der Waals surface area contributed by atoms with Gasteiger partial charge in [-0.3, -0.25) is 0 Å². The third-order valence-electron chi connectivity index (χ3n) is 4.01. The maximum Gasteiger partial charge on any atom is 0.226 e. The predicted octanol–water partition coefficient (Wildman–Crippen LogP) is 4.88. The van der Waals surface area contributed by atoms with Gasteiger partial charge in [0.25, 0.3) is 0 Å². The van der Waals surface area contributed by atoms with Crippen molar-refractivity contribution in [3.8, 4) is 17.2 Å². The number of methoxy groups -OCH3 is 1. The Morgan fingerprint density at radius 2 is 1.97 bits per heavy atom. The zero-order chi connectivity index (χ0) is 19.8. The Hall–Kier alpha value is -2.26. The molecule has 0 unspecified atom stereocenters. The number of oxazole rings is 1. The molecule has 3 rings (SSSR count). The summed E-state index contributed by atoms with van der Waals surface area (Å²) in [6.45, 7) is 3.73. The van der Waals surface area contributed by atoms with Crippen molar-refractivity contribution < 1.29 is 9.15 Å². The minimum absolute atomic E-state index is 0. The molecule has 0 spiro atoms. The van der Waals surface area contributed by atoms with E-state index in [4.69, 9.17) is 20.8 Å². The van der Waals surface area contributed by atoms with Crippen LogP contribution in [0.4, 0.5) is 0 Å². The van der Waals surface area contributed by atoms with Crippen LogP contribution < -0.4 is 15.4 Å². The molecule has 1 heterocycles. The molecule has 0 aliphatic carbocycles. The predicted molar refractivity (Wildman–Crippen MR) is 127 cm³/mol. The van der Waals surface area contributed by atoms with Crippen molar-refractivity contribution in [2.24, 2.45) is 4.99 Å². The molecule has 154 valence electrons. The molecule has 1 aromatic heterocycles. The van der Waals surface area contributed by atoms with Gasteiger partial charge in [-0.05, 0) is 31.2 Å². The van der Waals surface area contributed by atoms with E-state index >= 15 is 0 Å². The minimum Gasteiger partial charge on any atom is -0.496 e. The van der Waals surface area contributed by atoms with Crippen molar-refractivity contribution in [1.82, 2.24) is 15.6 Å². The van der Waals surface area contributed by atoms with E-state index in [1.54, 1.807) is 19.4 Å². The van der Waals surface area contributed by atoms with Crippen molar-refractivity contribution in [3.63, 3.8) is 0 Å². The number of nitrogens with one attached hydrogen (secondary N) is 2. The first kappa shape index (κ1) is 23.0. The summed E-state index contributed by atoms with van der Waals surface area (Å²) in [6, 6.07) is 15.3. The average Bonchev–Trinajstić information content (AvgIpc) is 3.20. The van der Waals surface area contributed by atoms with Gasteiger partial charge in [0, 0.05) is 22.7 Å². The van der Waals surface area contributed by atoms with Crippen molar-refractivity contribution in [2.45, 2.75) is 20.0 Å². The Bertz CT molecular complexity index is 931. The quantitative estimate of drug-likeness (QED) is 0.261. The van der Waals surface area contributed by atoms with Crippen LogP contribution in [0, 0.1) is 0 Å². The first-order valence-corrected chi connectivity index (χ1v) is 9.41. The highest BCUT2D eigenvalue weighted by atomic mass is 127.